The van der Waals surface area contributed by atoms with Gasteiger partial charge in [0, 0.05) is 30.8 Å². The van der Waals surface area contributed by atoms with Gasteiger partial charge < -0.3 is 20.1 Å². The van der Waals surface area contributed by atoms with Gasteiger partial charge in [0.1, 0.15) is 11.5 Å². The molecule has 0 spiro atoms. The van der Waals surface area contributed by atoms with Gasteiger partial charge in [-0.3, -0.25) is 0 Å². The van der Waals surface area contributed by atoms with Crippen LogP contribution in [0.3, 0.4) is 0 Å². The van der Waals surface area contributed by atoms with Crippen LogP contribution in [0.15, 0.2) is 18.2 Å². The molecule has 4 nitrogen and oxygen atoms in total. The SMILES string of the molecule is COc1ccc(CNCC2CCCCN2)c(OC)c1. The minimum Gasteiger partial charge on any atom is -0.497 e. The Balaban J connectivity index is 1.84. The number of hydrogen-bond acceptors (Lipinski definition) is 4. The van der Waals surface area contributed by atoms with Crippen LogP contribution in [0.2, 0.25) is 0 Å². The van der Waals surface area contributed by atoms with Crippen LogP contribution in [0, 0.1) is 0 Å². The Morgan fingerprint density at radius 1 is 1.26 bits per heavy atom. The molecule has 1 aliphatic heterocycles. The van der Waals surface area contributed by atoms with Crippen molar-refractivity contribution in [1.82, 2.24) is 10.6 Å². The summed E-state index contributed by atoms with van der Waals surface area (Å²) in [6, 6.07) is 6.56. The molecule has 1 aliphatic rings. The smallest absolute Gasteiger partial charge is 0.127 e. The van der Waals surface area contributed by atoms with Crippen molar-refractivity contribution in [2.45, 2.75) is 31.8 Å². The van der Waals surface area contributed by atoms with Crippen molar-refractivity contribution >= 4 is 0 Å². The third-order valence-electron chi connectivity index (χ3n) is 3.61. The Kier molecular flexibility index (Phi) is 5.48. The number of methoxy groups -OCH3 is 2. The summed E-state index contributed by atoms with van der Waals surface area (Å²) in [5.41, 5.74) is 1.17. The molecular weight excluding hydrogens is 240 g/mol. The van der Waals surface area contributed by atoms with E-state index in [1.54, 1.807) is 14.2 Å². The first-order chi connectivity index (χ1) is 9.33. The maximum absolute atomic E-state index is 5.39. The van der Waals surface area contributed by atoms with E-state index in [0.29, 0.717) is 6.04 Å². The predicted molar refractivity (Wildman–Crippen MR) is 76.9 cm³/mol. The van der Waals surface area contributed by atoms with Crippen LogP contribution >= 0.6 is 0 Å². The van der Waals surface area contributed by atoms with E-state index in [1.807, 2.05) is 12.1 Å². The Morgan fingerprint density at radius 3 is 2.84 bits per heavy atom. The van der Waals surface area contributed by atoms with E-state index >= 15 is 0 Å². The standard InChI is InChI=1S/C15H24N2O2/c1-18-14-7-6-12(15(9-14)19-2)10-16-11-13-5-3-4-8-17-13/h6-7,9,13,16-17H,3-5,8,10-11H2,1-2H3. The van der Waals surface area contributed by atoms with Gasteiger partial charge >= 0.3 is 0 Å². The fourth-order valence-corrected chi connectivity index (χ4v) is 2.48. The number of piperidine rings is 1. The second-order valence-electron chi connectivity index (χ2n) is 4.96. The van der Waals surface area contributed by atoms with Crippen molar-refractivity contribution in [2.75, 3.05) is 27.3 Å². The minimum absolute atomic E-state index is 0.609. The average molecular weight is 264 g/mol. The third-order valence-corrected chi connectivity index (χ3v) is 3.61. The van der Waals surface area contributed by atoms with Crippen molar-refractivity contribution in [3.05, 3.63) is 23.8 Å². The summed E-state index contributed by atoms with van der Waals surface area (Å²) in [5, 5.41) is 7.04. The van der Waals surface area contributed by atoms with Gasteiger partial charge in [0.25, 0.3) is 0 Å². The molecule has 0 aromatic heterocycles. The van der Waals surface area contributed by atoms with Crippen LogP contribution < -0.4 is 20.1 Å². The highest BCUT2D eigenvalue weighted by Gasteiger charge is 2.12. The molecule has 1 fully saturated rings. The maximum Gasteiger partial charge on any atom is 0.127 e. The molecule has 0 aliphatic carbocycles. The third kappa shape index (κ3) is 4.11. The topological polar surface area (TPSA) is 42.5 Å². The highest BCUT2D eigenvalue weighted by molar-refractivity contribution is 5.40. The molecule has 0 saturated carbocycles. The van der Waals surface area contributed by atoms with Crippen LogP contribution in [0.1, 0.15) is 24.8 Å². The maximum atomic E-state index is 5.39. The van der Waals surface area contributed by atoms with Crippen LogP contribution in [0.25, 0.3) is 0 Å². The van der Waals surface area contributed by atoms with E-state index in [0.717, 1.165) is 31.1 Å². The zero-order chi connectivity index (χ0) is 13.5. The fourth-order valence-electron chi connectivity index (χ4n) is 2.48. The van der Waals surface area contributed by atoms with E-state index < -0.39 is 0 Å². The Bertz CT molecular complexity index is 390. The van der Waals surface area contributed by atoms with Gasteiger partial charge in [-0.15, -0.1) is 0 Å². The molecule has 2 rings (SSSR count). The molecule has 2 N–H and O–H groups in total. The summed E-state index contributed by atoms with van der Waals surface area (Å²) >= 11 is 0. The molecule has 1 atom stereocenters. The monoisotopic (exact) mass is 264 g/mol. The summed E-state index contributed by atoms with van der Waals surface area (Å²) in [6.45, 7) is 2.98. The number of rotatable bonds is 6. The van der Waals surface area contributed by atoms with Crippen molar-refractivity contribution in [3.8, 4) is 11.5 Å². The van der Waals surface area contributed by atoms with Crippen molar-refractivity contribution in [2.24, 2.45) is 0 Å². The second-order valence-corrected chi connectivity index (χ2v) is 4.96. The lowest BCUT2D eigenvalue weighted by Crippen LogP contribution is -2.41. The molecule has 106 valence electrons. The molecule has 0 bridgehead atoms. The predicted octanol–water partition coefficient (Wildman–Crippen LogP) is 1.94. The normalized spacial score (nSPS) is 19.2. The van der Waals surface area contributed by atoms with E-state index in [9.17, 15) is 0 Å². The molecule has 1 saturated heterocycles. The molecule has 1 aromatic carbocycles. The van der Waals surface area contributed by atoms with E-state index in [4.69, 9.17) is 9.47 Å². The van der Waals surface area contributed by atoms with E-state index in [2.05, 4.69) is 16.7 Å². The van der Waals surface area contributed by atoms with Crippen LogP contribution in [0.4, 0.5) is 0 Å². The van der Waals surface area contributed by atoms with Gasteiger partial charge in [-0.1, -0.05) is 12.5 Å². The summed E-state index contributed by atoms with van der Waals surface area (Å²) < 4.78 is 10.6. The molecule has 19 heavy (non-hydrogen) atoms. The Hall–Kier alpha value is -1.26. The van der Waals surface area contributed by atoms with Crippen molar-refractivity contribution in [1.29, 1.82) is 0 Å². The highest BCUT2D eigenvalue weighted by atomic mass is 16.5. The lowest BCUT2D eigenvalue weighted by Gasteiger charge is -2.23. The summed E-state index contributed by atoms with van der Waals surface area (Å²) in [6.07, 6.45) is 3.92. The summed E-state index contributed by atoms with van der Waals surface area (Å²) in [7, 11) is 3.36. The number of ether oxygens (including phenoxy) is 2. The molecule has 0 radical (unpaired) electrons. The lowest BCUT2D eigenvalue weighted by atomic mass is 10.1. The zero-order valence-electron chi connectivity index (χ0n) is 11.9. The minimum atomic E-state index is 0.609. The van der Waals surface area contributed by atoms with Crippen molar-refractivity contribution < 1.29 is 9.47 Å². The largest absolute Gasteiger partial charge is 0.497 e. The number of nitrogens with one attached hydrogen (secondary N) is 2. The fraction of sp³-hybridized carbons (Fsp3) is 0.600. The Labute approximate surface area is 115 Å². The first kappa shape index (κ1) is 14.2. The van der Waals surface area contributed by atoms with Gasteiger partial charge in [0.2, 0.25) is 0 Å². The molecule has 1 unspecified atom stereocenters. The number of benzene rings is 1. The van der Waals surface area contributed by atoms with Gasteiger partial charge in [-0.25, -0.2) is 0 Å². The van der Waals surface area contributed by atoms with Gasteiger partial charge in [0.15, 0.2) is 0 Å². The average Bonchev–Trinajstić information content (AvgIpc) is 2.48. The first-order valence-corrected chi connectivity index (χ1v) is 6.98. The van der Waals surface area contributed by atoms with Crippen molar-refractivity contribution in [3.63, 3.8) is 0 Å². The van der Waals surface area contributed by atoms with Crippen LogP contribution in [0.5, 0.6) is 11.5 Å². The highest BCUT2D eigenvalue weighted by Crippen LogP contribution is 2.24. The quantitative estimate of drug-likeness (QED) is 0.824. The van der Waals surface area contributed by atoms with Gasteiger partial charge in [0.05, 0.1) is 14.2 Å². The second kappa shape index (κ2) is 7.36. The van der Waals surface area contributed by atoms with Gasteiger partial charge in [-0.2, -0.15) is 0 Å². The molecular formula is C15H24N2O2. The number of hydrogen-bond donors (Lipinski definition) is 2. The zero-order valence-corrected chi connectivity index (χ0v) is 11.9. The summed E-state index contributed by atoms with van der Waals surface area (Å²) in [4.78, 5) is 0. The van der Waals surface area contributed by atoms with Crippen LogP contribution in [-0.2, 0) is 6.54 Å². The summed E-state index contributed by atoms with van der Waals surface area (Å²) in [5.74, 6) is 1.71. The molecule has 0 amide bonds. The molecule has 1 aromatic rings. The molecule has 4 heteroatoms. The van der Waals surface area contributed by atoms with E-state index in [-0.39, 0.29) is 0 Å². The lowest BCUT2D eigenvalue weighted by molar-refractivity contribution is 0.376. The van der Waals surface area contributed by atoms with Gasteiger partial charge in [-0.05, 0) is 25.5 Å². The van der Waals surface area contributed by atoms with E-state index in [1.165, 1.54) is 24.8 Å². The first-order valence-electron chi connectivity index (χ1n) is 6.98. The van der Waals surface area contributed by atoms with Crippen LogP contribution in [-0.4, -0.2) is 33.4 Å². The Morgan fingerprint density at radius 2 is 2.16 bits per heavy atom. The molecule has 1 heterocycles.